The minimum atomic E-state index is -0.469. The molecule has 0 bridgehead atoms. The number of aliphatic hydroxyl groups is 1. The van der Waals surface area contributed by atoms with Crippen molar-refractivity contribution in [3.8, 4) is 0 Å². The van der Waals surface area contributed by atoms with E-state index in [9.17, 15) is 9.90 Å². The van der Waals surface area contributed by atoms with Gasteiger partial charge in [-0.05, 0) is 37.1 Å². The Bertz CT molecular complexity index is 286. The molecule has 0 aromatic heterocycles. The van der Waals surface area contributed by atoms with Gasteiger partial charge in [0.2, 0.25) is 5.91 Å². The highest BCUT2D eigenvalue weighted by Crippen LogP contribution is 2.29. The van der Waals surface area contributed by atoms with E-state index in [1.165, 1.54) is 6.42 Å². The summed E-state index contributed by atoms with van der Waals surface area (Å²) in [6.07, 6.45) is 4.50. The summed E-state index contributed by atoms with van der Waals surface area (Å²) in [6, 6.07) is 0. The van der Waals surface area contributed by atoms with Gasteiger partial charge in [0, 0.05) is 12.5 Å². The second-order valence-electron chi connectivity index (χ2n) is 7.05. The fourth-order valence-corrected chi connectivity index (χ4v) is 2.96. The van der Waals surface area contributed by atoms with Crippen molar-refractivity contribution in [2.24, 2.45) is 23.0 Å². The summed E-state index contributed by atoms with van der Waals surface area (Å²) in [4.78, 5) is 12.2. The molecule has 1 fully saturated rings. The van der Waals surface area contributed by atoms with E-state index >= 15 is 0 Å². The minimum Gasteiger partial charge on any atom is -0.391 e. The van der Waals surface area contributed by atoms with Crippen molar-refractivity contribution in [2.75, 3.05) is 13.1 Å². The first-order valence-electron chi connectivity index (χ1n) is 7.49. The second-order valence-corrected chi connectivity index (χ2v) is 7.05. The molecule has 0 spiro atoms. The number of aliphatic hydroxyl groups excluding tert-OH is 1. The van der Waals surface area contributed by atoms with Crippen LogP contribution in [0.3, 0.4) is 0 Å². The van der Waals surface area contributed by atoms with E-state index in [1.807, 2.05) is 0 Å². The van der Waals surface area contributed by atoms with E-state index in [1.54, 1.807) is 0 Å². The summed E-state index contributed by atoms with van der Waals surface area (Å²) in [6.45, 7) is 7.20. The number of carbonyl (C=O) groups excluding carboxylic acids is 1. The molecule has 3 atom stereocenters. The molecule has 0 aromatic rings. The monoisotopic (exact) mass is 270 g/mol. The average Bonchev–Trinajstić information content (AvgIpc) is 2.33. The van der Waals surface area contributed by atoms with Crippen LogP contribution in [0.4, 0.5) is 0 Å². The number of nitrogens with two attached hydrogens (primary N) is 1. The summed E-state index contributed by atoms with van der Waals surface area (Å²) in [7, 11) is 0. The Kier molecular flexibility index (Phi) is 6.27. The summed E-state index contributed by atoms with van der Waals surface area (Å²) in [5.74, 6) is 0.428. The maximum atomic E-state index is 12.2. The maximum absolute atomic E-state index is 12.2. The lowest BCUT2D eigenvalue weighted by molar-refractivity contribution is -0.128. The van der Waals surface area contributed by atoms with Gasteiger partial charge in [-0.2, -0.15) is 0 Å². The number of nitrogens with one attached hydrogen (secondary N) is 1. The molecule has 1 aliphatic carbocycles. The van der Waals surface area contributed by atoms with Crippen LogP contribution in [0.1, 0.15) is 52.9 Å². The number of hydrogen-bond donors (Lipinski definition) is 3. The highest BCUT2D eigenvalue weighted by molar-refractivity contribution is 5.79. The predicted molar refractivity (Wildman–Crippen MR) is 77.6 cm³/mol. The first kappa shape index (κ1) is 16.4. The zero-order chi connectivity index (χ0) is 14.5. The molecule has 3 unspecified atom stereocenters. The Labute approximate surface area is 117 Å². The Balaban J connectivity index is 2.37. The third-order valence-corrected chi connectivity index (χ3v) is 3.91. The molecule has 4 nitrogen and oxygen atoms in total. The summed E-state index contributed by atoms with van der Waals surface area (Å²) >= 11 is 0. The van der Waals surface area contributed by atoms with Crippen LogP contribution in [0, 0.1) is 17.3 Å². The van der Waals surface area contributed by atoms with Gasteiger partial charge in [0.25, 0.3) is 0 Å². The lowest BCUT2D eigenvalue weighted by Crippen LogP contribution is -2.42. The van der Waals surface area contributed by atoms with Crippen molar-refractivity contribution in [3.05, 3.63) is 0 Å². The van der Waals surface area contributed by atoms with Crippen molar-refractivity contribution >= 4 is 5.91 Å². The van der Waals surface area contributed by atoms with Gasteiger partial charge in [0.1, 0.15) is 0 Å². The predicted octanol–water partition coefficient (Wildman–Crippen LogP) is 1.66. The molecule has 0 aliphatic heterocycles. The van der Waals surface area contributed by atoms with Gasteiger partial charge in [-0.1, -0.05) is 33.6 Å². The molecule has 1 rings (SSSR count). The number of carbonyl (C=O) groups is 1. The Morgan fingerprint density at radius 2 is 2.00 bits per heavy atom. The van der Waals surface area contributed by atoms with Gasteiger partial charge in [0.15, 0.2) is 0 Å². The van der Waals surface area contributed by atoms with Crippen molar-refractivity contribution in [3.63, 3.8) is 0 Å². The maximum Gasteiger partial charge on any atom is 0.223 e. The van der Waals surface area contributed by atoms with Gasteiger partial charge in [-0.25, -0.2) is 0 Å². The van der Waals surface area contributed by atoms with Crippen LogP contribution in [0.5, 0.6) is 0 Å². The van der Waals surface area contributed by atoms with Gasteiger partial charge < -0.3 is 16.2 Å². The molecule has 0 radical (unpaired) electrons. The van der Waals surface area contributed by atoms with E-state index in [0.29, 0.717) is 25.4 Å². The lowest BCUT2D eigenvalue weighted by atomic mass is 9.78. The molecule has 4 heteroatoms. The summed E-state index contributed by atoms with van der Waals surface area (Å²) < 4.78 is 0. The largest absolute Gasteiger partial charge is 0.391 e. The molecular weight excluding hydrogens is 240 g/mol. The topological polar surface area (TPSA) is 75.3 Å². The fourth-order valence-electron chi connectivity index (χ4n) is 2.96. The lowest BCUT2D eigenvalue weighted by Gasteiger charge is -2.30. The molecule has 0 saturated heterocycles. The summed E-state index contributed by atoms with van der Waals surface area (Å²) in [5, 5.41) is 12.8. The van der Waals surface area contributed by atoms with E-state index in [0.717, 1.165) is 19.3 Å². The van der Waals surface area contributed by atoms with Crippen molar-refractivity contribution in [2.45, 2.75) is 59.0 Å². The molecule has 19 heavy (non-hydrogen) atoms. The van der Waals surface area contributed by atoms with E-state index < -0.39 is 6.10 Å². The molecule has 1 amide bonds. The van der Waals surface area contributed by atoms with Crippen LogP contribution < -0.4 is 11.1 Å². The first-order valence-corrected chi connectivity index (χ1v) is 7.49. The molecular formula is C15H30N2O2. The number of hydrogen-bond acceptors (Lipinski definition) is 3. The fraction of sp³-hybridized carbons (Fsp3) is 0.933. The first-order chi connectivity index (χ1) is 8.83. The van der Waals surface area contributed by atoms with E-state index in [4.69, 9.17) is 5.73 Å². The third-order valence-electron chi connectivity index (χ3n) is 3.91. The molecule has 4 N–H and O–H groups in total. The quantitative estimate of drug-likeness (QED) is 0.711. The van der Waals surface area contributed by atoms with Crippen LogP contribution in [-0.2, 0) is 4.79 Å². The van der Waals surface area contributed by atoms with Crippen molar-refractivity contribution in [1.82, 2.24) is 5.32 Å². The molecule has 1 saturated carbocycles. The average molecular weight is 270 g/mol. The Morgan fingerprint density at radius 3 is 2.58 bits per heavy atom. The van der Waals surface area contributed by atoms with Crippen molar-refractivity contribution in [1.29, 1.82) is 0 Å². The molecule has 1 aliphatic rings. The number of amides is 1. The third kappa shape index (κ3) is 5.91. The van der Waals surface area contributed by atoms with Crippen LogP contribution >= 0.6 is 0 Å². The van der Waals surface area contributed by atoms with Crippen LogP contribution in [0.15, 0.2) is 0 Å². The van der Waals surface area contributed by atoms with Gasteiger partial charge in [0.05, 0.1) is 6.10 Å². The molecule has 0 aromatic carbocycles. The van der Waals surface area contributed by atoms with Crippen LogP contribution in [0.25, 0.3) is 0 Å². The smallest absolute Gasteiger partial charge is 0.223 e. The normalized spacial score (nSPS) is 25.9. The Hall–Kier alpha value is -0.610. The minimum absolute atomic E-state index is 0.0422. The molecule has 0 heterocycles. The highest BCUT2D eigenvalue weighted by Gasteiger charge is 2.30. The Morgan fingerprint density at radius 1 is 1.37 bits per heavy atom. The zero-order valence-electron chi connectivity index (χ0n) is 12.6. The van der Waals surface area contributed by atoms with Crippen LogP contribution in [-0.4, -0.2) is 30.2 Å². The SMILES string of the molecule is CC(C)(C)CC(O)CNC(=O)C1CCCCC1CN. The highest BCUT2D eigenvalue weighted by atomic mass is 16.3. The zero-order valence-corrected chi connectivity index (χ0v) is 12.6. The van der Waals surface area contributed by atoms with Gasteiger partial charge in [-0.3, -0.25) is 4.79 Å². The summed E-state index contributed by atoms with van der Waals surface area (Å²) in [5.41, 5.74) is 5.82. The standard InChI is InChI=1S/C15H30N2O2/c1-15(2,3)8-12(18)10-17-14(19)13-7-5-4-6-11(13)9-16/h11-13,18H,4-10,16H2,1-3H3,(H,17,19). The van der Waals surface area contributed by atoms with Crippen molar-refractivity contribution < 1.29 is 9.90 Å². The van der Waals surface area contributed by atoms with Gasteiger partial charge in [-0.15, -0.1) is 0 Å². The van der Waals surface area contributed by atoms with Crippen LogP contribution in [0.2, 0.25) is 0 Å². The number of rotatable bonds is 5. The molecule has 112 valence electrons. The second kappa shape index (κ2) is 7.25. The van der Waals surface area contributed by atoms with Gasteiger partial charge >= 0.3 is 0 Å². The van der Waals surface area contributed by atoms with E-state index in [-0.39, 0.29) is 17.2 Å². The van der Waals surface area contributed by atoms with E-state index in [2.05, 4.69) is 26.1 Å².